The fourth-order valence-corrected chi connectivity index (χ4v) is 3.67. The van der Waals surface area contributed by atoms with Gasteiger partial charge in [-0.05, 0) is 25.1 Å². The summed E-state index contributed by atoms with van der Waals surface area (Å²) in [4.78, 5) is 16.1. The normalized spacial score (nSPS) is 12.8. The van der Waals surface area contributed by atoms with Crippen LogP contribution < -0.4 is 5.32 Å². The van der Waals surface area contributed by atoms with Crippen molar-refractivity contribution in [2.45, 2.75) is 22.9 Å². The van der Waals surface area contributed by atoms with Gasteiger partial charge in [-0.2, -0.15) is 0 Å². The maximum atomic E-state index is 13.7. The lowest BCUT2D eigenvalue weighted by molar-refractivity contribution is -0.119. The number of benzene rings is 1. The quantitative estimate of drug-likeness (QED) is 0.703. The minimum absolute atomic E-state index is 0.0138. The van der Waals surface area contributed by atoms with Gasteiger partial charge >= 0.3 is 0 Å². The number of nitrogens with zero attached hydrogens (tertiary/aromatic N) is 2. The molecule has 0 aliphatic heterocycles. The van der Waals surface area contributed by atoms with Crippen molar-refractivity contribution >= 4 is 27.7 Å². The van der Waals surface area contributed by atoms with Crippen LogP contribution in [0.5, 0.6) is 0 Å². The second-order valence-electron chi connectivity index (χ2n) is 5.86. The van der Waals surface area contributed by atoms with Gasteiger partial charge in [-0.25, -0.2) is 26.5 Å². The lowest BCUT2D eigenvalue weighted by Gasteiger charge is -2.15. The summed E-state index contributed by atoms with van der Waals surface area (Å²) in [6, 6.07) is 5.48. The number of carbonyl (C=O) groups is 1. The third kappa shape index (κ3) is 5.47. The van der Waals surface area contributed by atoms with Crippen molar-refractivity contribution in [2.24, 2.45) is 0 Å². The number of thioether (sulfide) groups is 1. The number of amides is 1. The Bertz CT molecular complexity index is 920. The molecule has 1 heterocycles. The number of nitrogens with one attached hydrogen (secondary N) is 1. The van der Waals surface area contributed by atoms with Gasteiger partial charge in [0.05, 0.1) is 16.8 Å². The summed E-state index contributed by atoms with van der Waals surface area (Å²) in [5.74, 6) is -1.76. The molecule has 1 N–H and O–H groups in total. The van der Waals surface area contributed by atoms with E-state index in [1.165, 1.54) is 38.5 Å². The largest absolute Gasteiger partial charge is 0.349 e. The molecule has 0 radical (unpaired) electrons. The Morgan fingerprint density at radius 3 is 2.52 bits per heavy atom. The lowest BCUT2D eigenvalue weighted by Crippen LogP contribution is -2.28. The van der Waals surface area contributed by atoms with Crippen molar-refractivity contribution in [1.29, 1.82) is 0 Å². The minimum atomic E-state index is -3.56. The SMILES string of the molecule is C[C@H](NC(=O)CSc1ccc(S(=O)(=O)N(C)C)cn1)c1ccc(F)cc1F. The first-order valence-electron chi connectivity index (χ1n) is 7.87. The predicted octanol–water partition coefficient (Wildman–Crippen LogP) is 2.58. The number of sulfonamides is 1. The molecule has 0 bridgehead atoms. The maximum absolute atomic E-state index is 13.7. The van der Waals surface area contributed by atoms with Gasteiger partial charge in [0.25, 0.3) is 0 Å². The molecule has 1 atom stereocenters. The standard InChI is InChI=1S/C17H19F2N3O3S2/c1-11(14-6-4-12(18)8-15(14)19)21-16(23)10-26-17-7-5-13(9-20-17)27(24,25)22(2)3/h4-9,11H,10H2,1-3H3,(H,21,23)/t11-/m0/s1. The van der Waals surface area contributed by atoms with Gasteiger partial charge in [-0.3, -0.25) is 4.79 Å². The molecular weight excluding hydrogens is 396 g/mol. The zero-order valence-electron chi connectivity index (χ0n) is 14.9. The molecule has 2 rings (SSSR count). The molecule has 0 fully saturated rings. The topological polar surface area (TPSA) is 79.4 Å². The molecule has 10 heteroatoms. The van der Waals surface area contributed by atoms with E-state index in [9.17, 15) is 22.0 Å². The van der Waals surface area contributed by atoms with Gasteiger partial charge in [0, 0.05) is 31.9 Å². The first kappa shape index (κ1) is 21.3. The van der Waals surface area contributed by atoms with Crippen LogP contribution in [0.1, 0.15) is 18.5 Å². The third-order valence-electron chi connectivity index (χ3n) is 3.65. The van der Waals surface area contributed by atoms with Gasteiger partial charge in [0.2, 0.25) is 15.9 Å². The number of hydrogen-bond donors (Lipinski definition) is 1. The summed E-state index contributed by atoms with van der Waals surface area (Å²) in [7, 11) is -0.710. The van der Waals surface area contributed by atoms with Crippen LogP contribution in [0.4, 0.5) is 8.78 Å². The zero-order chi connectivity index (χ0) is 20.2. The van der Waals surface area contributed by atoms with Crippen molar-refractivity contribution in [3.05, 3.63) is 53.7 Å². The number of hydrogen-bond acceptors (Lipinski definition) is 5. The van der Waals surface area contributed by atoms with E-state index in [1.807, 2.05) is 0 Å². The highest BCUT2D eigenvalue weighted by atomic mass is 32.2. The number of rotatable bonds is 7. The molecule has 1 aromatic carbocycles. The summed E-state index contributed by atoms with van der Waals surface area (Å²) in [5, 5.41) is 3.10. The minimum Gasteiger partial charge on any atom is -0.349 e. The van der Waals surface area contributed by atoms with Crippen LogP contribution in [0, 0.1) is 11.6 Å². The fourth-order valence-electron chi connectivity index (χ4n) is 2.17. The van der Waals surface area contributed by atoms with Gasteiger partial charge < -0.3 is 5.32 Å². The molecule has 0 saturated carbocycles. The van der Waals surface area contributed by atoms with E-state index in [0.717, 1.165) is 28.2 Å². The Hall–Kier alpha value is -2.04. The summed E-state index contributed by atoms with van der Waals surface area (Å²) in [6.45, 7) is 1.60. The van der Waals surface area contributed by atoms with E-state index in [4.69, 9.17) is 0 Å². The molecule has 2 aromatic rings. The molecular formula is C17H19F2N3O3S2. The van der Waals surface area contributed by atoms with Crippen molar-refractivity contribution < 1.29 is 22.0 Å². The van der Waals surface area contributed by atoms with Crippen molar-refractivity contribution in [1.82, 2.24) is 14.6 Å². The van der Waals surface area contributed by atoms with Gasteiger partial charge in [-0.15, -0.1) is 0 Å². The highest BCUT2D eigenvalue weighted by Gasteiger charge is 2.18. The Balaban J connectivity index is 1.93. The van der Waals surface area contributed by atoms with Crippen LogP contribution in [0.2, 0.25) is 0 Å². The molecule has 27 heavy (non-hydrogen) atoms. The summed E-state index contributed by atoms with van der Waals surface area (Å²) in [5.41, 5.74) is 0.186. The van der Waals surface area contributed by atoms with Crippen LogP contribution >= 0.6 is 11.8 Å². The summed E-state index contributed by atoms with van der Waals surface area (Å²) < 4.78 is 51.7. The Kier molecular flexibility index (Phi) is 6.90. The zero-order valence-corrected chi connectivity index (χ0v) is 16.6. The number of aromatic nitrogens is 1. The van der Waals surface area contributed by atoms with Crippen LogP contribution in [-0.4, -0.2) is 43.5 Å². The molecule has 0 spiro atoms. The van der Waals surface area contributed by atoms with Gasteiger partial charge in [-0.1, -0.05) is 17.8 Å². The average molecular weight is 415 g/mol. The monoisotopic (exact) mass is 415 g/mol. The van der Waals surface area contributed by atoms with Crippen LogP contribution in [0.25, 0.3) is 0 Å². The number of halogens is 2. The maximum Gasteiger partial charge on any atom is 0.244 e. The van der Waals surface area contributed by atoms with Gasteiger partial charge in [0.15, 0.2) is 0 Å². The molecule has 1 amide bonds. The van der Waals surface area contributed by atoms with E-state index in [0.29, 0.717) is 5.03 Å². The van der Waals surface area contributed by atoms with Crippen LogP contribution in [0.15, 0.2) is 46.5 Å². The van der Waals surface area contributed by atoms with Crippen LogP contribution in [0.3, 0.4) is 0 Å². The highest BCUT2D eigenvalue weighted by molar-refractivity contribution is 7.99. The second-order valence-corrected chi connectivity index (χ2v) is 9.01. The first-order chi connectivity index (χ1) is 12.6. The number of pyridine rings is 1. The third-order valence-corrected chi connectivity index (χ3v) is 6.39. The van der Waals surface area contributed by atoms with E-state index >= 15 is 0 Å². The van der Waals surface area contributed by atoms with E-state index < -0.39 is 27.7 Å². The number of carbonyl (C=O) groups excluding carboxylic acids is 1. The Labute approximate surface area is 161 Å². The van der Waals surface area contributed by atoms with Crippen molar-refractivity contribution in [2.75, 3.05) is 19.8 Å². The smallest absolute Gasteiger partial charge is 0.244 e. The summed E-state index contributed by atoms with van der Waals surface area (Å²) in [6.07, 6.45) is 1.23. The Morgan fingerprint density at radius 2 is 1.96 bits per heavy atom. The van der Waals surface area contributed by atoms with Gasteiger partial charge in [0.1, 0.15) is 16.5 Å². The molecule has 0 aliphatic rings. The average Bonchev–Trinajstić information content (AvgIpc) is 2.60. The molecule has 6 nitrogen and oxygen atoms in total. The Morgan fingerprint density at radius 1 is 1.26 bits per heavy atom. The molecule has 1 aromatic heterocycles. The predicted molar refractivity (Wildman–Crippen MR) is 98.7 cm³/mol. The van der Waals surface area contributed by atoms with Crippen molar-refractivity contribution in [3.8, 4) is 0 Å². The lowest BCUT2D eigenvalue weighted by atomic mass is 10.1. The molecule has 0 saturated heterocycles. The van der Waals surface area contributed by atoms with E-state index in [2.05, 4.69) is 10.3 Å². The fraction of sp³-hybridized carbons (Fsp3) is 0.294. The van der Waals surface area contributed by atoms with E-state index in [-0.39, 0.29) is 22.1 Å². The summed E-state index contributed by atoms with van der Waals surface area (Å²) >= 11 is 1.11. The highest BCUT2D eigenvalue weighted by Crippen LogP contribution is 2.20. The molecule has 146 valence electrons. The first-order valence-corrected chi connectivity index (χ1v) is 10.3. The van der Waals surface area contributed by atoms with Crippen LogP contribution in [-0.2, 0) is 14.8 Å². The second kappa shape index (κ2) is 8.77. The molecule has 0 unspecified atom stereocenters. The van der Waals surface area contributed by atoms with E-state index in [1.54, 1.807) is 6.92 Å². The molecule has 0 aliphatic carbocycles. The van der Waals surface area contributed by atoms with Crippen molar-refractivity contribution in [3.63, 3.8) is 0 Å².